The van der Waals surface area contributed by atoms with E-state index in [9.17, 15) is 9.18 Å². The lowest BCUT2D eigenvalue weighted by atomic mass is 9.98. The lowest BCUT2D eigenvalue weighted by Crippen LogP contribution is -2.42. The predicted molar refractivity (Wildman–Crippen MR) is 101 cm³/mol. The highest BCUT2D eigenvalue weighted by Crippen LogP contribution is 2.21. The number of likely N-dealkylation sites (tertiary alicyclic amines) is 2. The third kappa shape index (κ3) is 5.44. The Labute approximate surface area is 156 Å². The number of rotatable bonds is 7. The maximum Gasteiger partial charge on any atom is 0.222 e. The van der Waals surface area contributed by atoms with Crippen molar-refractivity contribution < 1.29 is 13.9 Å². The molecule has 0 spiro atoms. The Bertz CT molecular complexity index is 572. The van der Waals surface area contributed by atoms with Crippen molar-refractivity contribution in [2.45, 2.75) is 51.5 Å². The van der Waals surface area contributed by atoms with Gasteiger partial charge in [0.2, 0.25) is 5.91 Å². The van der Waals surface area contributed by atoms with E-state index in [1.165, 1.54) is 38.1 Å². The summed E-state index contributed by atoms with van der Waals surface area (Å²) in [6, 6.07) is 6.63. The summed E-state index contributed by atoms with van der Waals surface area (Å²) in [5, 5.41) is 0. The quantitative estimate of drug-likeness (QED) is 0.741. The number of carbonyl (C=O) groups excluding carboxylic acids is 1. The molecule has 0 aliphatic carbocycles. The summed E-state index contributed by atoms with van der Waals surface area (Å²) in [5.41, 5.74) is 0. The number of carbonyl (C=O) groups is 1. The number of ether oxygens (including phenoxy) is 1. The van der Waals surface area contributed by atoms with Gasteiger partial charge in [-0.1, -0.05) is 0 Å². The smallest absolute Gasteiger partial charge is 0.222 e. The molecule has 2 atom stereocenters. The van der Waals surface area contributed by atoms with E-state index in [0.29, 0.717) is 30.7 Å². The summed E-state index contributed by atoms with van der Waals surface area (Å²) < 4.78 is 18.7. The molecule has 26 heavy (non-hydrogen) atoms. The minimum Gasteiger partial charge on any atom is -0.493 e. The lowest BCUT2D eigenvalue weighted by molar-refractivity contribution is -0.133. The van der Waals surface area contributed by atoms with Crippen LogP contribution >= 0.6 is 0 Å². The lowest BCUT2D eigenvalue weighted by Gasteiger charge is -2.33. The average molecular weight is 362 g/mol. The molecule has 0 saturated carbocycles. The minimum atomic E-state index is -0.255. The highest BCUT2D eigenvalue weighted by Gasteiger charge is 2.25. The number of nitrogens with zero attached hydrogens (tertiary/aromatic N) is 2. The second-order valence-corrected chi connectivity index (χ2v) is 7.74. The normalized spacial score (nSPS) is 22.4. The van der Waals surface area contributed by atoms with Crippen LogP contribution in [-0.2, 0) is 4.79 Å². The van der Waals surface area contributed by atoms with Crippen molar-refractivity contribution in [1.29, 1.82) is 0 Å². The topological polar surface area (TPSA) is 32.8 Å². The Morgan fingerprint density at radius 3 is 2.65 bits per heavy atom. The molecule has 1 amide bonds. The second-order valence-electron chi connectivity index (χ2n) is 7.74. The van der Waals surface area contributed by atoms with Gasteiger partial charge in [-0.25, -0.2) is 4.39 Å². The van der Waals surface area contributed by atoms with E-state index < -0.39 is 0 Å². The molecule has 144 valence electrons. The molecular weight excluding hydrogens is 331 g/mol. The standard InChI is InChI=1S/C21H31FN2O2/c1-17(23-12-2-3-13-23)6-11-21(25)24-14-4-5-18(15-24)16-26-20-9-7-19(22)8-10-20/h7-10,17-18H,2-6,11-16H2,1H3/t17-,18-/m1/s1. The van der Waals surface area contributed by atoms with E-state index in [4.69, 9.17) is 4.74 Å². The van der Waals surface area contributed by atoms with Gasteiger partial charge in [-0.05, 0) is 76.4 Å². The van der Waals surface area contributed by atoms with Crippen molar-refractivity contribution in [2.75, 3.05) is 32.8 Å². The number of benzene rings is 1. The second kappa shape index (κ2) is 9.36. The van der Waals surface area contributed by atoms with Crippen LogP contribution in [0.15, 0.2) is 24.3 Å². The Kier molecular flexibility index (Phi) is 6.89. The Hall–Kier alpha value is -1.62. The van der Waals surface area contributed by atoms with Crippen LogP contribution in [0, 0.1) is 11.7 Å². The average Bonchev–Trinajstić information content (AvgIpc) is 3.20. The molecule has 0 aromatic heterocycles. The van der Waals surface area contributed by atoms with Crippen LogP contribution < -0.4 is 4.74 Å². The Morgan fingerprint density at radius 2 is 1.92 bits per heavy atom. The number of piperidine rings is 1. The van der Waals surface area contributed by atoms with Crippen LogP contribution in [0.4, 0.5) is 4.39 Å². The van der Waals surface area contributed by atoms with E-state index in [1.54, 1.807) is 12.1 Å². The van der Waals surface area contributed by atoms with Crippen LogP contribution in [0.2, 0.25) is 0 Å². The third-order valence-corrected chi connectivity index (χ3v) is 5.71. The van der Waals surface area contributed by atoms with Crippen molar-refractivity contribution in [2.24, 2.45) is 5.92 Å². The number of amides is 1. The monoisotopic (exact) mass is 362 g/mol. The maximum absolute atomic E-state index is 12.9. The van der Waals surface area contributed by atoms with Gasteiger partial charge in [0.05, 0.1) is 6.61 Å². The molecule has 1 aromatic rings. The zero-order chi connectivity index (χ0) is 18.4. The molecule has 3 rings (SSSR count). The zero-order valence-electron chi connectivity index (χ0n) is 15.8. The highest BCUT2D eigenvalue weighted by atomic mass is 19.1. The van der Waals surface area contributed by atoms with Crippen LogP contribution in [0.25, 0.3) is 0 Å². The van der Waals surface area contributed by atoms with Gasteiger partial charge < -0.3 is 14.5 Å². The number of halogens is 1. The van der Waals surface area contributed by atoms with Gasteiger partial charge in [-0.15, -0.1) is 0 Å². The van der Waals surface area contributed by atoms with E-state index in [1.807, 2.05) is 4.90 Å². The molecule has 5 heteroatoms. The zero-order valence-corrected chi connectivity index (χ0v) is 15.8. The molecule has 2 saturated heterocycles. The summed E-state index contributed by atoms with van der Waals surface area (Å²) in [6.45, 7) is 6.83. The van der Waals surface area contributed by atoms with Gasteiger partial charge in [-0.3, -0.25) is 4.79 Å². The molecule has 0 radical (unpaired) electrons. The molecule has 0 bridgehead atoms. The fraction of sp³-hybridized carbons (Fsp3) is 0.667. The molecule has 2 aliphatic heterocycles. The molecule has 2 fully saturated rings. The summed E-state index contributed by atoms with van der Waals surface area (Å²) in [7, 11) is 0. The molecule has 0 unspecified atom stereocenters. The van der Waals surface area contributed by atoms with E-state index >= 15 is 0 Å². The molecule has 2 heterocycles. The predicted octanol–water partition coefficient (Wildman–Crippen LogP) is 3.71. The van der Waals surface area contributed by atoms with Gasteiger partial charge in [-0.2, -0.15) is 0 Å². The summed E-state index contributed by atoms with van der Waals surface area (Å²) in [4.78, 5) is 17.1. The first-order valence-corrected chi connectivity index (χ1v) is 10.0. The van der Waals surface area contributed by atoms with Crippen LogP contribution in [0.1, 0.15) is 45.4 Å². The van der Waals surface area contributed by atoms with E-state index in [-0.39, 0.29) is 11.7 Å². The molecular formula is C21H31FN2O2. The fourth-order valence-corrected chi connectivity index (χ4v) is 4.03. The Balaban J connectivity index is 1.40. The van der Waals surface area contributed by atoms with Gasteiger partial charge in [0, 0.05) is 31.5 Å². The van der Waals surface area contributed by atoms with E-state index in [2.05, 4.69) is 11.8 Å². The minimum absolute atomic E-state index is 0.255. The van der Waals surface area contributed by atoms with Gasteiger partial charge in [0.15, 0.2) is 0 Å². The van der Waals surface area contributed by atoms with Gasteiger partial charge in [0.25, 0.3) is 0 Å². The van der Waals surface area contributed by atoms with Crippen molar-refractivity contribution in [3.05, 3.63) is 30.1 Å². The molecule has 1 aromatic carbocycles. The van der Waals surface area contributed by atoms with Crippen LogP contribution in [0.3, 0.4) is 0 Å². The van der Waals surface area contributed by atoms with Crippen molar-refractivity contribution in [3.63, 3.8) is 0 Å². The van der Waals surface area contributed by atoms with Crippen molar-refractivity contribution >= 4 is 5.91 Å². The number of hydrogen-bond donors (Lipinski definition) is 0. The summed E-state index contributed by atoms with van der Waals surface area (Å²) in [6.07, 6.45) is 6.29. The molecule has 4 nitrogen and oxygen atoms in total. The van der Waals surface area contributed by atoms with Crippen molar-refractivity contribution in [3.8, 4) is 5.75 Å². The summed E-state index contributed by atoms with van der Waals surface area (Å²) in [5.74, 6) is 1.07. The highest BCUT2D eigenvalue weighted by molar-refractivity contribution is 5.76. The van der Waals surface area contributed by atoms with Crippen molar-refractivity contribution in [1.82, 2.24) is 9.80 Å². The van der Waals surface area contributed by atoms with Gasteiger partial charge in [0.1, 0.15) is 11.6 Å². The molecule has 2 aliphatic rings. The first kappa shape index (κ1) is 19.2. The third-order valence-electron chi connectivity index (χ3n) is 5.71. The summed E-state index contributed by atoms with van der Waals surface area (Å²) >= 11 is 0. The first-order valence-electron chi connectivity index (χ1n) is 10.0. The first-order chi connectivity index (χ1) is 12.6. The fourth-order valence-electron chi connectivity index (χ4n) is 4.03. The largest absolute Gasteiger partial charge is 0.493 e. The van der Waals surface area contributed by atoms with Crippen LogP contribution in [-0.4, -0.2) is 54.5 Å². The molecule has 0 N–H and O–H groups in total. The maximum atomic E-state index is 12.9. The SMILES string of the molecule is C[C@H](CCC(=O)N1CCC[C@@H](COc2ccc(F)cc2)C1)N1CCCC1. The Morgan fingerprint density at radius 1 is 1.19 bits per heavy atom. The van der Waals surface area contributed by atoms with Crippen LogP contribution in [0.5, 0.6) is 5.75 Å². The number of hydrogen-bond acceptors (Lipinski definition) is 3. The van der Waals surface area contributed by atoms with E-state index in [0.717, 1.165) is 32.4 Å². The van der Waals surface area contributed by atoms with Gasteiger partial charge >= 0.3 is 0 Å².